The van der Waals surface area contributed by atoms with Crippen molar-refractivity contribution >= 4 is 14.1 Å². The predicted molar refractivity (Wildman–Crippen MR) is 59.1 cm³/mol. The molecule has 0 spiro atoms. The Morgan fingerprint density at radius 1 is 1.00 bits per heavy atom. The van der Waals surface area contributed by atoms with Gasteiger partial charge in [0.05, 0.1) is 0 Å². The second-order valence-electron chi connectivity index (χ2n) is 4.98. The summed E-state index contributed by atoms with van der Waals surface area (Å²) in [7, 11) is -2.94. The zero-order valence-corrected chi connectivity index (χ0v) is 12.0. The molecule has 2 nitrogen and oxygen atoms in total. The summed E-state index contributed by atoms with van der Waals surface area (Å²) in [6, 6.07) is 0. The van der Waals surface area contributed by atoms with Crippen molar-refractivity contribution in [2.24, 2.45) is 0 Å². The van der Waals surface area contributed by atoms with Crippen LogP contribution in [0.25, 0.3) is 0 Å². The maximum Gasteiger partial charge on any atom is 0.460 e. The SMILES string of the molecule is CC(=O)/C=C(/O[Si](C)(C)C)C(F)(F)C(F)(F)C(F)(F)F. The van der Waals surface area contributed by atoms with Gasteiger partial charge < -0.3 is 4.43 Å². The standard InChI is InChI=1S/C10H13F7O2Si/c1-6(18)5-7(19-20(2,3)4)8(11,12)9(13,14)10(15,16)17/h5H,1-4H3/b7-5+. The minimum absolute atomic E-state index is 0.0438. The van der Waals surface area contributed by atoms with Crippen molar-refractivity contribution < 1.29 is 40.0 Å². The molecule has 0 rings (SSSR count). The molecule has 0 aliphatic rings. The normalized spacial score (nSPS) is 15.2. The van der Waals surface area contributed by atoms with E-state index < -0.39 is 37.9 Å². The van der Waals surface area contributed by atoms with Crippen LogP contribution in [0.2, 0.25) is 19.6 Å². The highest BCUT2D eigenvalue weighted by Gasteiger charge is 2.75. The van der Waals surface area contributed by atoms with Gasteiger partial charge in [-0.1, -0.05) is 0 Å². The van der Waals surface area contributed by atoms with Crippen LogP contribution in [-0.4, -0.2) is 32.1 Å². The molecule has 0 atom stereocenters. The Hall–Kier alpha value is -1.06. The second-order valence-corrected chi connectivity index (χ2v) is 9.41. The van der Waals surface area contributed by atoms with Crippen molar-refractivity contribution in [1.82, 2.24) is 0 Å². The van der Waals surface area contributed by atoms with Gasteiger partial charge in [0.1, 0.15) is 0 Å². The summed E-state index contributed by atoms with van der Waals surface area (Å²) in [5.41, 5.74) is 0. The van der Waals surface area contributed by atoms with Gasteiger partial charge in [0.15, 0.2) is 11.5 Å². The third-order valence-electron chi connectivity index (χ3n) is 1.81. The summed E-state index contributed by atoms with van der Waals surface area (Å²) in [4.78, 5) is 10.8. The second kappa shape index (κ2) is 5.38. The molecule has 0 aromatic rings. The molecule has 10 heteroatoms. The molecule has 0 heterocycles. The molecule has 0 amide bonds. The van der Waals surface area contributed by atoms with Gasteiger partial charge in [-0.2, -0.15) is 30.7 Å². The van der Waals surface area contributed by atoms with Crippen molar-refractivity contribution in [3.8, 4) is 0 Å². The zero-order valence-electron chi connectivity index (χ0n) is 11.0. The van der Waals surface area contributed by atoms with Crippen LogP contribution >= 0.6 is 0 Å². The van der Waals surface area contributed by atoms with Gasteiger partial charge in [-0.05, 0) is 26.6 Å². The van der Waals surface area contributed by atoms with Crippen LogP contribution in [0.3, 0.4) is 0 Å². The highest BCUT2D eigenvalue weighted by molar-refractivity contribution is 6.70. The molecule has 0 saturated heterocycles. The summed E-state index contributed by atoms with van der Waals surface area (Å²) < 4.78 is 93.5. The van der Waals surface area contributed by atoms with Crippen LogP contribution in [0.4, 0.5) is 30.7 Å². The first-order valence-corrected chi connectivity index (χ1v) is 8.67. The van der Waals surface area contributed by atoms with Gasteiger partial charge in [-0.25, -0.2) is 0 Å². The van der Waals surface area contributed by atoms with Crippen LogP contribution in [0.15, 0.2) is 11.8 Å². The van der Waals surface area contributed by atoms with Crippen molar-refractivity contribution in [3.05, 3.63) is 11.8 Å². The highest BCUT2D eigenvalue weighted by Crippen LogP contribution is 2.50. The van der Waals surface area contributed by atoms with Gasteiger partial charge in [0.2, 0.25) is 8.32 Å². The predicted octanol–water partition coefficient (Wildman–Crippen LogP) is 4.14. The fourth-order valence-electron chi connectivity index (χ4n) is 1.03. The quantitative estimate of drug-likeness (QED) is 0.328. The van der Waals surface area contributed by atoms with E-state index in [9.17, 15) is 35.5 Å². The lowest BCUT2D eigenvalue weighted by molar-refractivity contribution is -0.349. The smallest absolute Gasteiger partial charge is 0.460 e. The molecule has 0 radical (unpaired) electrons. The van der Waals surface area contributed by atoms with Crippen LogP contribution in [0.5, 0.6) is 0 Å². The molecule has 0 aliphatic heterocycles. The Kier molecular flexibility index (Phi) is 5.09. The first-order valence-electron chi connectivity index (χ1n) is 5.26. The number of carbonyl (C=O) groups is 1. The van der Waals surface area contributed by atoms with E-state index in [0.29, 0.717) is 0 Å². The lowest BCUT2D eigenvalue weighted by atomic mass is 10.1. The van der Waals surface area contributed by atoms with Crippen LogP contribution in [0.1, 0.15) is 6.92 Å². The number of rotatable bonds is 5. The Bertz CT molecular complexity index is 407. The van der Waals surface area contributed by atoms with Crippen molar-refractivity contribution in [1.29, 1.82) is 0 Å². The maximum absolute atomic E-state index is 13.5. The molecule has 0 N–H and O–H groups in total. The topological polar surface area (TPSA) is 26.3 Å². The number of ketones is 1. The van der Waals surface area contributed by atoms with E-state index in [1.54, 1.807) is 0 Å². The molecule has 20 heavy (non-hydrogen) atoms. The van der Waals surface area contributed by atoms with Gasteiger partial charge in [-0.15, -0.1) is 0 Å². The minimum atomic E-state index is -6.48. The fraction of sp³-hybridized carbons (Fsp3) is 0.700. The van der Waals surface area contributed by atoms with Gasteiger partial charge in [0.25, 0.3) is 0 Å². The average Bonchev–Trinajstić information content (AvgIpc) is 2.11. The zero-order chi connectivity index (χ0) is 16.6. The first kappa shape index (κ1) is 18.9. The number of hydrogen-bond donors (Lipinski definition) is 0. The third-order valence-corrected chi connectivity index (χ3v) is 2.64. The largest absolute Gasteiger partial charge is 0.543 e. The Balaban J connectivity index is 5.86. The van der Waals surface area contributed by atoms with Crippen LogP contribution in [-0.2, 0) is 9.22 Å². The van der Waals surface area contributed by atoms with E-state index in [-0.39, 0.29) is 6.08 Å². The minimum Gasteiger partial charge on any atom is -0.543 e. The molecular formula is C10H13F7O2Si. The molecule has 0 aromatic carbocycles. The fourth-order valence-corrected chi connectivity index (χ4v) is 1.88. The third kappa shape index (κ3) is 4.22. The first-order chi connectivity index (χ1) is 8.52. The summed E-state index contributed by atoms with van der Waals surface area (Å²) in [5.74, 6) is -15.1. The van der Waals surface area contributed by atoms with E-state index in [4.69, 9.17) is 0 Å². The molecule has 0 aromatic heterocycles. The number of carbonyl (C=O) groups excluding carboxylic acids is 1. The van der Waals surface area contributed by atoms with Crippen molar-refractivity contribution in [3.63, 3.8) is 0 Å². The van der Waals surface area contributed by atoms with Crippen molar-refractivity contribution in [2.45, 2.75) is 44.6 Å². The monoisotopic (exact) mass is 326 g/mol. The molecule has 0 fully saturated rings. The van der Waals surface area contributed by atoms with Gasteiger partial charge >= 0.3 is 18.0 Å². The summed E-state index contributed by atoms with van der Waals surface area (Å²) in [5, 5.41) is 0. The van der Waals surface area contributed by atoms with Gasteiger partial charge in [0, 0.05) is 6.08 Å². The Morgan fingerprint density at radius 3 is 1.65 bits per heavy atom. The van der Waals surface area contributed by atoms with Crippen molar-refractivity contribution in [2.75, 3.05) is 0 Å². The molecule has 0 aliphatic carbocycles. The lowest BCUT2D eigenvalue weighted by Gasteiger charge is -2.32. The van der Waals surface area contributed by atoms with E-state index in [1.807, 2.05) is 0 Å². The molecule has 0 unspecified atom stereocenters. The maximum atomic E-state index is 13.5. The molecule has 0 saturated carbocycles. The van der Waals surface area contributed by atoms with Gasteiger partial charge in [-0.3, -0.25) is 4.79 Å². The molecular weight excluding hydrogens is 313 g/mol. The molecule has 0 bridgehead atoms. The van der Waals surface area contributed by atoms with E-state index in [2.05, 4.69) is 4.43 Å². The number of alkyl halides is 7. The summed E-state index contributed by atoms with van der Waals surface area (Å²) >= 11 is 0. The number of allylic oxidation sites excluding steroid dienone is 2. The lowest BCUT2D eigenvalue weighted by Crippen LogP contribution is -2.54. The highest BCUT2D eigenvalue weighted by atomic mass is 28.4. The Morgan fingerprint density at radius 2 is 1.40 bits per heavy atom. The number of hydrogen-bond acceptors (Lipinski definition) is 2. The van der Waals surface area contributed by atoms with E-state index in [0.717, 1.165) is 6.92 Å². The summed E-state index contributed by atoms with van der Waals surface area (Å²) in [6.45, 7) is 4.61. The number of halogens is 7. The average molecular weight is 326 g/mol. The summed E-state index contributed by atoms with van der Waals surface area (Å²) in [6.07, 6.45) is -6.52. The molecule has 118 valence electrons. The Labute approximate surface area is 111 Å². The van der Waals surface area contributed by atoms with Crippen LogP contribution < -0.4 is 0 Å². The van der Waals surface area contributed by atoms with E-state index >= 15 is 0 Å². The van der Waals surface area contributed by atoms with E-state index in [1.165, 1.54) is 19.6 Å². The van der Waals surface area contributed by atoms with Crippen LogP contribution in [0, 0.1) is 0 Å².